The molecule has 2 aromatic rings. The van der Waals surface area contributed by atoms with E-state index in [1.54, 1.807) is 25.0 Å². The molecule has 9 nitrogen and oxygen atoms in total. The molecular weight excluding hydrogens is 386 g/mol. The number of anilines is 1. The Bertz CT molecular complexity index is 909. The molecular formula is C21H29N5O4. The zero-order chi connectivity index (χ0) is 21.5. The quantitative estimate of drug-likeness (QED) is 0.465. The molecule has 162 valence electrons. The number of tetrazole rings is 1. The van der Waals surface area contributed by atoms with Crippen LogP contribution in [0.15, 0.2) is 29.5 Å². The summed E-state index contributed by atoms with van der Waals surface area (Å²) in [6, 6.07) is 4.95. The SMILES string of the molecule is CCCCCCCOC(=O)C1=C(C)Nc2nnnn2[C@H]1c1ccc(OC)c(OC)c1. The summed E-state index contributed by atoms with van der Waals surface area (Å²) >= 11 is 0. The predicted octanol–water partition coefficient (Wildman–Crippen LogP) is 3.49. The van der Waals surface area contributed by atoms with Gasteiger partial charge in [0.15, 0.2) is 11.5 Å². The number of hydrogen-bond acceptors (Lipinski definition) is 8. The number of aromatic nitrogens is 4. The molecule has 0 unspecified atom stereocenters. The third-order valence-corrected chi connectivity index (χ3v) is 5.14. The smallest absolute Gasteiger partial charge is 0.338 e. The van der Waals surface area contributed by atoms with Gasteiger partial charge in [-0.2, -0.15) is 4.68 Å². The van der Waals surface area contributed by atoms with Crippen molar-refractivity contribution in [1.29, 1.82) is 0 Å². The van der Waals surface area contributed by atoms with Crippen molar-refractivity contribution in [3.8, 4) is 11.5 Å². The highest BCUT2D eigenvalue weighted by Crippen LogP contribution is 2.38. The molecule has 3 rings (SSSR count). The van der Waals surface area contributed by atoms with E-state index in [4.69, 9.17) is 14.2 Å². The third kappa shape index (κ3) is 4.55. The van der Waals surface area contributed by atoms with Crippen molar-refractivity contribution in [3.05, 3.63) is 35.0 Å². The number of nitrogens with one attached hydrogen (secondary N) is 1. The van der Waals surface area contributed by atoms with Crippen molar-refractivity contribution in [3.63, 3.8) is 0 Å². The van der Waals surface area contributed by atoms with E-state index in [0.717, 1.165) is 24.8 Å². The fourth-order valence-electron chi connectivity index (χ4n) is 3.56. The molecule has 1 aliphatic rings. The van der Waals surface area contributed by atoms with E-state index in [0.29, 0.717) is 35.3 Å². The van der Waals surface area contributed by atoms with E-state index in [-0.39, 0.29) is 5.97 Å². The Labute approximate surface area is 176 Å². The number of esters is 1. The fourth-order valence-corrected chi connectivity index (χ4v) is 3.56. The van der Waals surface area contributed by atoms with E-state index in [1.165, 1.54) is 12.8 Å². The molecule has 9 heteroatoms. The van der Waals surface area contributed by atoms with Gasteiger partial charge in [0, 0.05) is 5.70 Å². The van der Waals surface area contributed by atoms with Crippen LogP contribution in [0.4, 0.5) is 5.95 Å². The molecule has 1 N–H and O–H groups in total. The predicted molar refractivity (Wildman–Crippen MR) is 112 cm³/mol. The van der Waals surface area contributed by atoms with Crippen molar-refractivity contribution in [2.45, 2.75) is 52.0 Å². The molecule has 0 aliphatic carbocycles. The average Bonchev–Trinajstić information content (AvgIpc) is 3.22. The highest BCUT2D eigenvalue weighted by Gasteiger charge is 2.35. The summed E-state index contributed by atoms with van der Waals surface area (Å²) < 4.78 is 17.9. The Kier molecular flexibility index (Phi) is 7.26. The molecule has 0 spiro atoms. The van der Waals surface area contributed by atoms with Crippen LogP contribution < -0.4 is 14.8 Å². The molecule has 0 fully saturated rings. The lowest BCUT2D eigenvalue weighted by atomic mass is 9.95. The van der Waals surface area contributed by atoms with Crippen LogP contribution in [0.2, 0.25) is 0 Å². The Morgan fingerprint density at radius 2 is 1.90 bits per heavy atom. The van der Waals surface area contributed by atoms with Crippen LogP contribution in [-0.4, -0.2) is 47.0 Å². The maximum Gasteiger partial charge on any atom is 0.338 e. The van der Waals surface area contributed by atoms with Crippen molar-refractivity contribution in [2.75, 3.05) is 26.1 Å². The number of benzene rings is 1. The fraction of sp³-hybridized carbons (Fsp3) is 0.524. The first-order chi connectivity index (χ1) is 14.6. The summed E-state index contributed by atoms with van der Waals surface area (Å²) in [4.78, 5) is 13.0. The monoisotopic (exact) mass is 415 g/mol. The van der Waals surface area contributed by atoms with E-state index >= 15 is 0 Å². The lowest BCUT2D eigenvalue weighted by Gasteiger charge is -2.27. The summed E-state index contributed by atoms with van der Waals surface area (Å²) in [6.07, 6.45) is 5.43. The largest absolute Gasteiger partial charge is 0.493 e. The summed E-state index contributed by atoms with van der Waals surface area (Å²) in [7, 11) is 3.15. The Balaban J connectivity index is 1.86. The second kappa shape index (κ2) is 10.1. The van der Waals surface area contributed by atoms with Crippen LogP contribution in [0, 0.1) is 0 Å². The highest BCUT2D eigenvalue weighted by molar-refractivity contribution is 5.92. The van der Waals surface area contributed by atoms with E-state index in [9.17, 15) is 4.79 Å². The number of ether oxygens (including phenoxy) is 3. The van der Waals surface area contributed by atoms with Crippen molar-refractivity contribution in [1.82, 2.24) is 20.2 Å². The van der Waals surface area contributed by atoms with Gasteiger partial charge >= 0.3 is 5.97 Å². The maximum atomic E-state index is 13.0. The zero-order valence-corrected chi connectivity index (χ0v) is 18.0. The average molecular weight is 415 g/mol. The van der Waals surface area contributed by atoms with Crippen LogP contribution in [0.1, 0.15) is 57.6 Å². The molecule has 0 amide bonds. The van der Waals surface area contributed by atoms with Gasteiger partial charge in [-0.15, -0.1) is 0 Å². The van der Waals surface area contributed by atoms with Crippen molar-refractivity contribution >= 4 is 11.9 Å². The first-order valence-corrected chi connectivity index (χ1v) is 10.2. The maximum absolute atomic E-state index is 13.0. The molecule has 1 aromatic carbocycles. The van der Waals surface area contributed by atoms with Crippen molar-refractivity contribution < 1.29 is 19.0 Å². The number of carbonyl (C=O) groups is 1. The second-order valence-electron chi connectivity index (χ2n) is 7.18. The normalized spacial score (nSPS) is 15.4. The number of allylic oxidation sites excluding steroid dienone is 1. The molecule has 0 radical (unpaired) electrons. The third-order valence-electron chi connectivity index (χ3n) is 5.14. The minimum absolute atomic E-state index is 0.378. The first kappa shape index (κ1) is 21.6. The summed E-state index contributed by atoms with van der Waals surface area (Å²) in [5.41, 5.74) is 1.92. The van der Waals surface area contributed by atoms with Gasteiger partial charge in [-0.05, 0) is 41.5 Å². The molecule has 2 heterocycles. The second-order valence-corrected chi connectivity index (χ2v) is 7.18. The van der Waals surface area contributed by atoms with E-state index in [2.05, 4.69) is 27.8 Å². The molecule has 30 heavy (non-hydrogen) atoms. The number of fused-ring (bicyclic) bond motifs is 1. The van der Waals surface area contributed by atoms with Crippen LogP contribution in [-0.2, 0) is 9.53 Å². The number of unbranched alkanes of at least 4 members (excludes halogenated alkanes) is 4. The molecule has 1 aromatic heterocycles. The van der Waals surface area contributed by atoms with E-state index in [1.807, 2.05) is 19.1 Å². The first-order valence-electron chi connectivity index (χ1n) is 10.2. The van der Waals surface area contributed by atoms with Gasteiger partial charge in [0.25, 0.3) is 0 Å². The van der Waals surface area contributed by atoms with Gasteiger partial charge in [0.2, 0.25) is 5.95 Å². The number of rotatable bonds is 10. The van der Waals surface area contributed by atoms with Gasteiger partial charge in [-0.3, -0.25) is 0 Å². The van der Waals surface area contributed by atoms with Gasteiger partial charge in [-0.25, -0.2) is 4.79 Å². The Morgan fingerprint density at radius 1 is 1.13 bits per heavy atom. The number of nitrogens with zero attached hydrogens (tertiary/aromatic N) is 4. The summed E-state index contributed by atoms with van der Waals surface area (Å²) in [6.45, 7) is 4.39. The minimum atomic E-state index is -0.538. The van der Waals surface area contributed by atoms with E-state index < -0.39 is 6.04 Å². The topological polar surface area (TPSA) is 100 Å². The van der Waals surface area contributed by atoms with Gasteiger partial charge in [0.05, 0.1) is 26.4 Å². The van der Waals surface area contributed by atoms with Crippen LogP contribution >= 0.6 is 0 Å². The Hall–Kier alpha value is -3.10. The van der Waals surface area contributed by atoms with Gasteiger partial charge in [0.1, 0.15) is 6.04 Å². The molecule has 1 atom stereocenters. The molecule has 0 saturated heterocycles. The molecule has 0 bridgehead atoms. The zero-order valence-electron chi connectivity index (χ0n) is 18.0. The Morgan fingerprint density at radius 3 is 2.63 bits per heavy atom. The lowest BCUT2D eigenvalue weighted by molar-refractivity contribution is -0.139. The summed E-state index contributed by atoms with van der Waals surface area (Å²) in [5.74, 6) is 1.24. The highest BCUT2D eigenvalue weighted by atomic mass is 16.5. The minimum Gasteiger partial charge on any atom is -0.493 e. The number of hydrogen-bond donors (Lipinski definition) is 1. The molecule has 0 saturated carbocycles. The number of carbonyl (C=O) groups excluding carboxylic acids is 1. The van der Waals surface area contributed by atoms with Crippen LogP contribution in [0.5, 0.6) is 11.5 Å². The van der Waals surface area contributed by atoms with Crippen LogP contribution in [0.3, 0.4) is 0 Å². The number of methoxy groups -OCH3 is 2. The lowest BCUT2D eigenvalue weighted by Crippen LogP contribution is -2.30. The summed E-state index contributed by atoms with van der Waals surface area (Å²) in [5, 5.41) is 14.9. The van der Waals surface area contributed by atoms with Crippen LogP contribution in [0.25, 0.3) is 0 Å². The van der Waals surface area contributed by atoms with Gasteiger partial charge < -0.3 is 19.5 Å². The molecule has 1 aliphatic heterocycles. The standard InChI is InChI=1S/C21H29N5O4/c1-5-6-7-8-9-12-30-20(27)18-14(2)22-21-23-24-25-26(21)19(18)15-10-11-16(28-3)17(13-15)29-4/h10-11,13,19H,5-9,12H2,1-4H3,(H,22,23,25)/t19-/m0/s1. The van der Waals surface area contributed by atoms with Crippen molar-refractivity contribution in [2.24, 2.45) is 0 Å². The van der Waals surface area contributed by atoms with Gasteiger partial charge in [-0.1, -0.05) is 43.8 Å².